The number of hydrogen-bond donors (Lipinski definition) is 0. The van der Waals surface area contributed by atoms with Crippen molar-refractivity contribution in [1.82, 2.24) is 29.9 Å². The number of nitrogens with zero attached hydrogens (tertiary/aromatic N) is 6. The van der Waals surface area contributed by atoms with E-state index < -0.39 is 0 Å². The fourth-order valence-corrected chi connectivity index (χ4v) is 3.74. The second-order valence-corrected chi connectivity index (χ2v) is 6.15. The highest BCUT2D eigenvalue weighted by molar-refractivity contribution is 5.92. The Morgan fingerprint density at radius 3 is 2.50 bits per heavy atom. The summed E-state index contributed by atoms with van der Waals surface area (Å²) in [6, 6.07) is 0.875. The van der Waals surface area contributed by atoms with Crippen molar-refractivity contribution >= 4 is 5.91 Å². The SMILES string of the molecule is Cc1cnc(C(=O)N2C3CCC2CC(n2ccnn2)C3)cn1. The van der Waals surface area contributed by atoms with Gasteiger partial charge in [0.05, 0.1) is 24.1 Å². The molecule has 0 radical (unpaired) electrons. The average Bonchev–Trinajstić information content (AvgIpc) is 3.14. The van der Waals surface area contributed by atoms with Crippen LogP contribution in [0.2, 0.25) is 0 Å². The van der Waals surface area contributed by atoms with Crippen molar-refractivity contribution in [2.24, 2.45) is 0 Å². The number of carbonyl (C=O) groups excluding carboxylic acids is 1. The third-order valence-electron chi connectivity index (χ3n) is 4.76. The molecule has 0 spiro atoms. The highest BCUT2D eigenvalue weighted by atomic mass is 16.2. The quantitative estimate of drug-likeness (QED) is 0.837. The molecular weight excluding hydrogens is 280 g/mol. The first-order valence-corrected chi connectivity index (χ1v) is 7.69. The van der Waals surface area contributed by atoms with E-state index in [1.807, 2.05) is 22.7 Å². The molecule has 2 aliphatic rings. The molecule has 7 heteroatoms. The number of carbonyl (C=O) groups is 1. The number of amides is 1. The molecular formula is C15H18N6O. The Bertz CT molecular complexity index is 654. The Morgan fingerprint density at radius 1 is 1.14 bits per heavy atom. The minimum Gasteiger partial charge on any atom is -0.331 e. The highest BCUT2D eigenvalue weighted by Gasteiger charge is 2.44. The zero-order valence-corrected chi connectivity index (χ0v) is 12.5. The summed E-state index contributed by atoms with van der Waals surface area (Å²) in [7, 11) is 0. The first kappa shape index (κ1) is 13.4. The minimum atomic E-state index is 0.0111. The lowest BCUT2D eigenvalue weighted by molar-refractivity contribution is 0.0516. The van der Waals surface area contributed by atoms with E-state index in [9.17, 15) is 4.79 Å². The van der Waals surface area contributed by atoms with E-state index in [0.29, 0.717) is 11.7 Å². The van der Waals surface area contributed by atoms with Gasteiger partial charge in [0.15, 0.2) is 0 Å². The van der Waals surface area contributed by atoms with Crippen LogP contribution in [0.3, 0.4) is 0 Å². The van der Waals surface area contributed by atoms with E-state index in [1.54, 1.807) is 18.6 Å². The molecule has 1 amide bonds. The van der Waals surface area contributed by atoms with Crippen LogP contribution in [-0.2, 0) is 0 Å². The molecule has 2 aliphatic heterocycles. The van der Waals surface area contributed by atoms with Gasteiger partial charge in [0.1, 0.15) is 5.69 Å². The topological polar surface area (TPSA) is 76.8 Å². The highest BCUT2D eigenvalue weighted by Crippen LogP contribution is 2.41. The van der Waals surface area contributed by atoms with E-state index in [0.717, 1.165) is 31.4 Å². The van der Waals surface area contributed by atoms with Crippen molar-refractivity contribution in [3.05, 3.63) is 36.2 Å². The summed E-state index contributed by atoms with van der Waals surface area (Å²) >= 11 is 0. The zero-order valence-electron chi connectivity index (χ0n) is 12.5. The molecule has 114 valence electrons. The van der Waals surface area contributed by atoms with Gasteiger partial charge in [0.25, 0.3) is 5.91 Å². The van der Waals surface area contributed by atoms with Crippen molar-refractivity contribution in [1.29, 1.82) is 0 Å². The summed E-state index contributed by atoms with van der Waals surface area (Å²) in [5.74, 6) is 0.0111. The summed E-state index contributed by atoms with van der Waals surface area (Å²) in [4.78, 5) is 23.2. The van der Waals surface area contributed by atoms with Gasteiger partial charge in [-0.15, -0.1) is 5.10 Å². The molecule has 2 saturated heterocycles. The molecule has 4 heterocycles. The maximum Gasteiger partial charge on any atom is 0.274 e. The van der Waals surface area contributed by atoms with E-state index >= 15 is 0 Å². The molecule has 2 unspecified atom stereocenters. The molecule has 0 aromatic carbocycles. The maximum absolute atomic E-state index is 12.8. The Morgan fingerprint density at radius 2 is 1.91 bits per heavy atom. The van der Waals surface area contributed by atoms with Gasteiger partial charge in [0.2, 0.25) is 0 Å². The predicted molar refractivity (Wildman–Crippen MR) is 78.0 cm³/mol. The molecule has 2 fully saturated rings. The average molecular weight is 298 g/mol. The number of rotatable bonds is 2. The van der Waals surface area contributed by atoms with E-state index in [-0.39, 0.29) is 18.0 Å². The number of fused-ring (bicyclic) bond motifs is 2. The van der Waals surface area contributed by atoms with Crippen LogP contribution in [0.15, 0.2) is 24.8 Å². The number of aromatic nitrogens is 5. The predicted octanol–water partition coefficient (Wildman–Crippen LogP) is 1.38. The lowest BCUT2D eigenvalue weighted by Crippen LogP contribution is -2.47. The Hall–Kier alpha value is -2.31. The summed E-state index contributed by atoms with van der Waals surface area (Å²) in [5, 5.41) is 8.01. The largest absolute Gasteiger partial charge is 0.331 e. The van der Waals surface area contributed by atoms with E-state index in [1.165, 1.54) is 0 Å². The summed E-state index contributed by atoms with van der Waals surface area (Å²) in [6.45, 7) is 1.87. The van der Waals surface area contributed by atoms with Crippen molar-refractivity contribution in [2.45, 2.75) is 50.7 Å². The van der Waals surface area contributed by atoms with Crippen LogP contribution < -0.4 is 0 Å². The molecule has 2 bridgehead atoms. The van der Waals surface area contributed by atoms with Gasteiger partial charge in [0, 0.05) is 24.5 Å². The van der Waals surface area contributed by atoms with Gasteiger partial charge in [-0.25, -0.2) is 9.67 Å². The standard InChI is InChI=1S/C15H18N6O/c1-10-8-17-14(9-16-10)15(22)21-11-2-3-12(21)7-13(6-11)20-5-4-18-19-20/h4-5,8-9,11-13H,2-3,6-7H2,1H3. The van der Waals surface area contributed by atoms with Crippen molar-refractivity contribution in [3.63, 3.8) is 0 Å². The van der Waals surface area contributed by atoms with Gasteiger partial charge in [-0.3, -0.25) is 9.78 Å². The van der Waals surface area contributed by atoms with E-state index in [4.69, 9.17) is 0 Å². The van der Waals surface area contributed by atoms with Crippen molar-refractivity contribution in [3.8, 4) is 0 Å². The minimum absolute atomic E-state index is 0.0111. The van der Waals surface area contributed by atoms with Crippen LogP contribution in [0.4, 0.5) is 0 Å². The third kappa shape index (κ3) is 2.17. The molecule has 4 rings (SSSR count). The Labute approximate surface area is 128 Å². The van der Waals surface area contributed by atoms with Gasteiger partial charge >= 0.3 is 0 Å². The van der Waals surface area contributed by atoms with Crippen LogP contribution in [0.5, 0.6) is 0 Å². The van der Waals surface area contributed by atoms with Crippen LogP contribution in [0.25, 0.3) is 0 Å². The third-order valence-corrected chi connectivity index (χ3v) is 4.76. The van der Waals surface area contributed by atoms with Crippen LogP contribution >= 0.6 is 0 Å². The van der Waals surface area contributed by atoms with Crippen molar-refractivity contribution in [2.75, 3.05) is 0 Å². The van der Waals surface area contributed by atoms with Gasteiger partial charge < -0.3 is 4.90 Å². The lowest BCUT2D eigenvalue weighted by Gasteiger charge is -2.38. The molecule has 2 aromatic heterocycles. The van der Waals surface area contributed by atoms with E-state index in [2.05, 4.69) is 20.3 Å². The summed E-state index contributed by atoms with van der Waals surface area (Å²) in [6.07, 6.45) is 10.8. The zero-order chi connectivity index (χ0) is 15.1. The maximum atomic E-state index is 12.8. The molecule has 2 atom stereocenters. The van der Waals surface area contributed by atoms with Gasteiger partial charge in [-0.1, -0.05) is 5.21 Å². The van der Waals surface area contributed by atoms with Crippen LogP contribution in [-0.4, -0.2) is 47.9 Å². The lowest BCUT2D eigenvalue weighted by atomic mass is 9.97. The van der Waals surface area contributed by atoms with Crippen molar-refractivity contribution < 1.29 is 4.79 Å². The fourth-order valence-electron chi connectivity index (χ4n) is 3.74. The molecule has 7 nitrogen and oxygen atoms in total. The van der Waals surface area contributed by atoms with Gasteiger partial charge in [-0.2, -0.15) is 0 Å². The van der Waals surface area contributed by atoms with Crippen LogP contribution in [0.1, 0.15) is 47.9 Å². The number of aryl methyl sites for hydroxylation is 1. The number of hydrogen-bond acceptors (Lipinski definition) is 5. The first-order chi connectivity index (χ1) is 10.7. The number of piperidine rings is 1. The molecule has 0 saturated carbocycles. The van der Waals surface area contributed by atoms with Gasteiger partial charge in [-0.05, 0) is 32.6 Å². The normalized spacial score (nSPS) is 27.1. The first-order valence-electron chi connectivity index (χ1n) is 7.69. The molecule has 0 aliphatic carbocycles. The molecule has 0 N–H and O–H groups in total. The summed E-state index contributed by atoms with van der Waals surface area (Å²) < 4.78 is 1.93. The monoisotopic (exact) mass is 298 g/mol. The fraction of sp³-hybridized carbons (Fsp3) is 0.533. The summed E-state index contributed by atoms with van der Waals surface area (Å²) in [5.41, 5.74) is 1.27. The Balaban J connectivity index is 1.55. The van der Waals surface area contributed by atoms with Crippen LogP contribution in [0, 0.1) is 6.92 Å². The second kappa shape index (κ2) is 5.15. The molecule has 22 heavy (non-hydrogen) atoms. The smallest absolute Gasteiger partial charge is 0.274 e. The Kier molecular flexibility index (Phi) is 3.13. The molecule has 2 aromatic rings. The second-order valence-electron chi connectivity index (χ2n) is 6.15.